The highest BCUT2D eigenvalue weighted by Gasteiger charge is 2.14. The van der Waals surface area contributed by atoms with Gasteiger partial charge in [0.25, 0.3) is 0 Å². The molecule has 4 nitrogen and oxygen atoms in total. The summed E-state index contributed by atoms with van der Waals surface area (Å²) in [6, 6.07) is 10.9. The summed E-state index contributed by atoms with van der Waals surface area (Å²) in [6.45, 7) is 1.92. The largest absolute Gasteiger partial charge is 0.457 e. The number of fused-ring (bicyclic) bond motifs is 1. The molecule has 1 aromatic carbocycles. The van der Waals surface area contributed by atoms with Crippen LogP contribution in [0.5, 0.6) is 0 Å². The molecule has 0 aliphatic carbocycles. The van der Waals surface area contributed by atoms with Gasteiger partial charge in [0.15, 0.2) is 0 Å². The van der Waals surface area contributed by atoms with E-state index < -0.39 is 5.97 Å². The lowest BCUT2D eigenvalue weighted by atomic mass is 10.1. The first-order valence-electron chi connectivity index (χ1n) is 6.41. The van der Waals surface area contributed by atoms with Crippen molar-refractivity contribution in [3.8, 4) is 0 Å². The van der Waals surface area contributed by atoms with Crippen LogP contribution in [-0.2, 0) is 11.3 Å². The molecule has 106 valence electrons. The Morgan fingerprint density at radius 1 is 1.29 bits per heavy atom. The van der Waals surface area contributed by atoms with Crippen molar-refractivity contribution >= 4 is 28.5 Å². The van der Waals surface area contributed by atoms with Gasteiger partial charge in [0.2, 0.25) is 5.76 Å². The van der Waals surface area contributed by atoms with Crippen LogP contribution >= 0.6 is 11.6 Å². The summed E-state index contributed by atoms with van der Waals surface area (Å²) < 4.78 is 10.2. The average molecular weight is 302 g/mol. The second-order valence-corrected chi connectivity index (χ2v) is 4.95. The summed E-state index contributed by atoms with van der Waals surface area (Å²) in [7, 11) is 0. The van der Waals surface area contributed by atoms with Crippen molar-refractivity contribution in [3.63, 3.8) is 0 Å². The van der Waals surface area contributed by atoms with Crippen LogP contribution in [0.3, 0.4) is 0 Å². The smallest absolute Gasteiger partial charge is 0.374 e. The van der Waals surface area contributed by atoms with Crippen molar-refractivity contribution in [2.45, 2.75) is 13.5 Å². The molecule has 3 aromatic rings. The lowest BCUT2D eigenvalue weighted by molar-refractivity contribution is 0.0431. The van der Waals surface area contributed by atoms with E-state index in [0.29, 0.717) is 10.7 Å². The SMILES string of the molecule is Cc1c(Cl)c(COC(=O)c2ccco2)nc2ccccc12. The number of benzene rings is 1. The number of aryl methyl sites for hydroxylation is 1. The van der Waals surface area contributed by atoms with E-state index in [4.69, 9.17) is 20.8 Å². The van der Waals surface area contributed by atoms with Crippen LogP contribution in [0.1, 0.15) is 21.8 Å². The molecule has 2 heterocycles. The molecule has 0 saturated carbocycles. The lowest BCUT2D eigenvalue weighted by Gasteiger charge is -2.10. The Morgan fingerprint density at radius 2 is 2.10 bits per heavy atom. The number of aromatic nitrogens is 1. The fraction of sp³-hybridized carbons (Fsp3) is 0.125. The number of esters is 1. The highest BCUT2D eigenvalue weighted by Crippen LogP contribution is 2.27. The van der Waals surface area contributed by atoms with Crippen molar-refractivity contribution in [1.82, 2.24) is 4.98 Å². The molecule has 0 fully saturated rings. The summed E-state index contributed by atoms with van der Waals surface area (Å²) in [5.41, 5.74) is 2.28. The maximum Gasteiger partial charge on any atom is 0.374 e. The molecule has 0 unspecified atom stereocenters. The van der Waals surface area contributed by atoms with Crippen molar-refractivity contribution in [2.24, 2.45) is 0 Å². The molecule has 0 aliphatic heterocycles. The average Bonchev–Trinajstić information content (AvgIpc) is 3.03. The third-order valence-corrected chi connectivity index (χ3v) is 3.71. The summed E-state index contributed by atoms with van der Waals surface area (Å²) >= 11 is 6.30. The molecular weight excluding hydrogens is 290 g/mol. The Morgan fingerprint density at radius 3 is 2.86 bits per heavy atom. The van der Waals surface area contributed by atoms with Crippen LogP contribution in [-0.4, -0.2) is 11.0 Å². The van der Waals surface area contributed by atoms with Gasteiger partial charge < -0.3 is 9.15 Å². The first-order valence-corrected chi connectivity index (χ1v) is 6.79. The van der Waals surface area contributed by atoms with Gasteiger partial charge in [0.1, 0.15) is 6.61 Å². The third-order valence-electron chi connectivity index (χ3n) is 3.21. The molecule has 3 rings (SSSR count). The number of carbonyl (C=O) groups is 1. The zero-order valence-electron chi connectivity index (χ0n) is 11.3. The number of nitrogens with zero attached hydrogens (tertiary/aromatic N) is 1. The van der Waals surface area contributed by atoms with Gasteiger partial charge in [-0.3, -0.25) is 0 Å². The molecule has 21 heavy (non-hydrogen) atoms. The maximum absolute atomic E-state index is 11.8. The Kier molecular flexibility index (Phi) is 3.62. The number of para-hydroxylation sites is 1. The third kappa shape index (κ3) is 2.62. The van der Waals surface area contributed by atoms with Gasteiger partial charge in [-0.2, -0.15) is 0 Å². The van der Waals surface area contributed by atoms with Crippen LogP contribution in [0.15, 0.2) is 47.1 Å². The molecule has 0 atom stereocenters. The van der Waals surface area contributed by atoms with Crippen molar-refractivity contribution in [2.75, 3.05) is 0 Å². The zero-order valence-corrected chi connectivity index (χ0v) is 12.1. The molecule has 0 aliphatic rings. The van der Waals surface area contributed by atoms with Crippen molar-refractivity contribution in [1.29, 1.82) is 0 Å². The van der Waals surface area contributed by atoms with Crippen molar-refractivity contribution in [3.05, 3.63) is 64.7 Å². The van der Waals surface area contributed by atoms with E-state index in [9.17, 15) is 4.79 Å². The molecular formula is C16H12ClNO3. The Hall–Kier alpha value is -2.33. The van der Waals surface area contributed by atoms with Crippen molar-refractivity contribution < 1.29 is 13.9 Å². The molecule has 0 bridgehead atoms. The number of rotatable bonds is 3. The van der Waals surface area contributed by atoms with E-state index in [1.165, 1.54) is 6.26 Å². The fourth-order valence-electron chi connectivity index (χ4n) is 2.11. The Labute approximate surface area is 126 Å². The molecule has 0 saturated heterocycles. The van der Waals surface area contributed by atoms with Crippen LogP contribution in [0.25, 0.3) is 10.9 Å². The quantitative estimate of drug-likeness (QED) is 0.682. The minimum absolute atomic E-state index is 0.00401. The van der Waals surface area contributed by atoms with Gasteiger partial charge in [-0.1, -0.05) is 29.8 Å². The van der Waals surface area contributed by atoms with E-state index in [1.54, 1.807) is 12.1 Å². The summed E-state index contributed by atoms with van der Waals surface area (Å²) in [5.74, 6) is -0.382. The second kappa shape index (κ2) is 5.58. The predicted octanol–water partition coefficient (Wildman–Crippen LogP) is 4.15. The van der Waals surface area contributed by atoms with Gasteiger partial charge in [0.05, 0.1) is 22.5 Å². The van der Waals surface area contributed by atoms with Crippen LogP contribution in [0.2, 0.25) is 5.02 Å². The van der Waals surface area contributed by atoms with Gasteiger partial charge in [-0.25, -0.2) is 9.78 Å². The summed E-state index contributed by atoms with van der Waals surface area (Å²) in [6.07, 6.45) is 1.42. The first kappa shape index (κ1) is 13.6. The normalized spacial score (nSPS) is 10.8. The number of pyridine rings is 1. The van der Waals surface area contributed by atoms with E-state index >= 15 is 0 Å². The molecule has 0 N–H and O–H groups in total. The predicted molar refractivity (Wildman–Crippen MR) is 79.3 cm³/mol. The minimum Gasteiger partial charge on any atom is -0.457 e. The lowest BCUT2D eigenvalue weighted by Crippen LogP contribution is -2.06. The van der Waals surface area contributed by atoms with Gasteiger partial charge in [-0.15, -0.1) is 0 Å². The zero-order chi connectivity index (χ0) is 14.8. The molecule has 2 aromatic heterocycles. The standard InChI is InChI=1S/C16H12ClNO3/c1-10-11-5-2-3-6-12(11)18-13(15(10)17)9-21-16(19)14-7-4-8-20-14/h2-8H,9H2,1H3. The number of furan rings is 1. The minimum atomic E-state index is -0.538. The second-order valence-electron chi connectivity index (χ2n) is 4.57. The van der Waals surface area contributed by atoms with E-state index in [0.717, 1.165) is 16.5 Å². The Bertz CT molecular complexity index is 797. The number of carbonyl (C=O) groups excluding carboxylic acids is 1. The topological polar surface area (TPSA) is 52.3 Å². The molecule has 0 spiro atoms. The van der Waals surface area contributed by atoms with Crippen LogP contribution in [0, 0.1) is 6.92 Å². The Balaban J connectivity index is 1.87. The van der Waals surface area contributed by atoms with E-state index in [1.807, 2.05) is 31.2 Å². The maximum atomic E-state index is 11.8. The summed E-state index contributed by atoms with van der Waals surface area (Å²) in [5, 5.41) is 1.50. The van der Waals surface area contributed by atoms with Gasteiger partial charge in [0, 0.05) is 5.39 Å². The summed E-state index contributed by atoms with van der Waals surface area (Å²) in [4.78, 5) is 16.2. The molecule has 0 radical (unpaired) electrons. The monoisotopic (exact) mass is 301 g/mol. The van der Waals surface area contributed by atoms with Crippen LogP contribution < -0.4 is 0 Å². The molecule has 0 amide bonds. The highest BCUT2D eigenvalue weighted by molar-refractivity contribution is 6.32. The number of hydrogen-bond acceptors (Lipinski definition) is 4. The van der Waals surface area contributed by atoms with E-state index in [-0.39, 0.29) is 12.4 Å². The molecule has 5 heteroatoms. The fourth-order valence-corrected chi connectivity index (χ4v) is 2.31. The number of hydrogen-bond donors (Lipinski definition) is 0. The van der Waals surface area contributed by atoms with Crippen LogP contribution in [0.4, 0.5) is 0 Å². The van der Waals surface area contributed by atoms with E-state index in [2.05, 4.69) is 4.98 Å². The first-order chi connectivity index (χ1) is 10.2. The number of halogens is 1. The van der Waals surface area contributed by atoms with Gasteiger partial charge >= 0.3 is 5.97 Å². The van der Waals surface area contributed by atoms with Gasteiger partial charge in [-0.05, 0) is 30.7 Å². The number of ether oxygens (including phenoxy) is 1. The highest BCUT2D eigenvalue weighted by atomic mass is 35.5.